The van der Waals surface area contributed by atoms with Crippen LogP contribution < -0.4 is 16.8 Å². The molecular formula is C29H37ClN6O8S3. The monoisotopic (exact) mass is 728 g/mol. The number of halogens is 1. The Morgan fingerprint density at radius 2 is 1.91 bits per heavy atom. The molecule has 2 aliphatic rings. The zero-order valence-electron chi connectivity index (χ0n) is 25.9. The van der Waals surface area contributed by atoms with Crippen LogP contribution in [0.15, 0.2) is 39.9 Å². The van der Waals surface area contributed by atoms with E-state index in [2.05, 4.69) is 15.5 Å². The van der Waals surface area contributed by atoms with Crippen molar-refractivity contribution in [3.63, 3.8) is 0 Å². The maximum Gasteiger partial charge on any atom is 0.358 e. The number of aromatic nitrogens is 2. The van der Waals surface area contributed by atoms with Gasteiger partial charge in [0.1, 0.15) is 22.1 Å². The number of hydrogen-bond acceptors (Lipinski definition) is 15. The summed E-state index contributed by atoms with van der Waals surface area (Å²) in [5.41, 5.74) is 12.4. The molecule has 14 nitrogen and oxygen atoms in total. The van der Waals surface area contributed by atoms with Crippen LogP contribution in [0.25, 0.3) is 0 Å². The number of rotatable bonds is 15. The number of aliphatic hydroxyl groups is 1. The number of Topliss-reactive ketones (excluding diaryl/α,β-unsaturated/α-hetero) is 1. The second-order valence-electron chi connectivity index (χ2n) is 10.6. The summed E-state index contributed by atoms with van der Waals surface area (Å²) in [7, 11) is 0. The van der Waals surface area contributed by atoms with Gasteiger partial charge in [0, 0.05) is 36.5 Å². The van der Waals surface area contributed by atoms with Crippen LogP contribution in [-0.4, -0.2) is 91.5 Å². The Bertz CT molecular complexity index is 1520. The van der Waals surface area contributed by atoms with E-state index >= 15 is 0 Å². The Labute approximate surface area is 290 Å². The second-order valence-corrected chi connectivity index (χ2v) is 14.1. The van der Waals surface area contributed by atoms with Gasteiger partial charge in [-0.1, -0.05) is 53.8 Å². The summed E-state index contributed by atoms with van der Waals surface area (Å²) in [5, 5.41) is 21.8. The smallest absolute Gasteiger partial charge is 0.358 e. The summed E-state index contributed by atoms with van der Waals surface area (Å²) < 4.78 is 11.0. The molecule has 2 aromatic rings. The van der Waals surface area contributed by atoms with E-state index in [9.17, 15) is 29.1 Å². The SMILES string of the molecule is CC(=O)OC(C)OC(=O)C1=C(CSc2nnc(C)s2)CS[C@H]2C(NC(=O)C(O)c3ccccc3C(=O)[C@@H](N)CCCCN)C(=O)N12.Cl. The topological polar surface area (TPSA) is 217 Å². The van der Waals surface area contributed by atoms with Gasteiger partial charge in [0.25, 0.3) is 11.8 Å². The number of hydrogen-bond donors (Lipinski definition) is 4. The number of amides is 2. The van der Waals surface area contributed by atoms with Crippen molar-refractivity contribution in [2.45, 2.75) is 74.2 Å². The quantitative estimate of drug-likeness (QED) is 0.0514. The zero-order chi connectivity index (χ0) is 33.5. The van der Waals surface area contributed by atoms with Gasteiger partial charge in [-0.3, -0.25) is 24.1 Å². The Hall–Kier alpha value is -3.06. The van der Waals surface area contributed by atoms with Crippen molar-refractivity contribution in [2.24, 2.45) is 11.5 Å². The number of unbranched alkanes of at least 4 members (excludes halogenated alkanes) is 1. The van der Waals surface area contributed by atoms with Crippen LogP contribution in [0.1, 0.15) is 60.1 Å². The van der Waals surface area contributed by atoms with Gasteiger partial charge in [-0.2, -0.15) is 0 Å². The number of thioether (sulfide) groups is 2. The van der Waals surface area contributed by atoms with Crippen molar-refractivity contribution in [1.82, 2.24) is 20.4 Å². The van der Waals surface area contributed by atoms with Gasteiger partial charge in [0.05, 0.1) is 6.04 Å². The number of ether oxygens (including phenoxy) is 2. The number of esters is 2. The molecule has 1 saturated heterocycles. The predicted octanol–water partition coefficient (Wildman–Crippen LogP) is 1.84. The fourth-order valence-corrected chi connectivity index (χ4v) is 8.21. The minimum Gasteiger partial charge on any atom is -0.426 e. The first-order chi connectivity index (χ1) is 21.9. The molecule has 0 radical (unpaired) electrons. The van der Waals surface area contributed by atoms with Crippen LogP contribution in [0.3, 0.4) is 0 Å². The lowest BCUT2D eigenvalue weighted by molar-refractivity contribution is -0.182. The van der Waals surface area contributed by atoms with E-state index in [1.54, 1.807) is 12.1 Å². The molecule has 0 bridgehead atoms. The third-order valence-corrected chi connectivity index (χ3v) is 10.5. The number of benzene rings is 1. The highest BCUT2D eigenvalue weighted by atomic mass is 35.5. The molecule has 18 heteroatoms. The third kappa shape index (κ3) is 9.31. The lowest BCUT2D eigenvalue weighted by Crippen LogP contribution is -2.71. The molecule has 6 N–H and O–H groups in total. The fraction of sp³-hybridized carbons (Fsp3) is 0.483. The van der Waals surface area contributed by atoms with Gasteiger partial charge in [0.2, 0.25) is 6.29 Å². The highest BCUT2D eigenvalue weighted by molar-refractivity contribution is 8.01. The summed E-state index contributed by atoms with van der Waals surface area (Å²) in [6, 6.07) is 4.24. The van der Waals surface area contributed by atoms with Crippen LogP contribution in [-0.2, 0) is 28.7 Å². The van der Waals surface area contributed by atoms with Gasteiger partial charge in [-0.25, -0.2) is 4.79 Å². The maximum absolute atomic E-state index is 13.5. The van der Waals surface area contributed by atoms with Gasteiger partial charge < -0.3 is 31.4 Å². The van der Waals surface area contributed by atoms with Crippen molar-refractivity contribution >= 4 is 76.8 Å². The fourth-order valence-electron chi connectivity index (χ4n) is 4.91. The van der Waals surface area contributed by atoms with Crippen LogP contribution >= 0.6 is 47.3 Å². The highest BCUT2D eigenvalue weighted by Crippen LogP contribution is 2.42. The molecule has 2 amide bonds. The zero-order valence-corrected chi connectivity index (χ0v) is 29.1. The summed E-state index contributed by atoms with van der Waals surface area (Å²) in [6.07, 6.45) is -1.20. The van der Waals surface area contributed by atoms with Gasteiger partial charge in [0.15, 0.2) is 16.2 Å². The Kier molecular flexibility index (Phi) is 14.2. The number of aliphatic hydroxyl groups excluding tert-OH is 1. The number of ketones is 1. The number of carbonyl (C=O) groups excluding carboxylic acids is 5. The minimum atomic E-state index is -1.77. The number of β-lactam (4-membered cyclic amide) rings is 1. The first kappa shape index (κ1) is 38.4. The Balaban J connectivity index is 0.00000600. The molecule has 1 aromatic heterocycles. The van der Waals surface area contributed by atoms with Gasteiger partial charge >= 0.3 is 11.9 Å². The Morgan fingerprint density at radius 1 is 1.19 bits per heavy atom. The highest BCUT2D eigenvalue weighted by Gasteiger charge is 2.55. The molecule has 3 heterocycles. The number of nitrogens with two attached hydrogens (primary N) is 2. The van der Waals surface area contributed by atoms with Crippen LogP contribution in [0.4, 0.5) is 0 Å². The molecule has 0 aliphatic carbocycles. The average Bonchev–Trinajstić information content (AvgIpc) is 3.45. The first-order valence-electron chi connectivity index (χ1n) is 14.5. The summed E-state index contributed by atoms with van der Waals surface area (Å²) >= 11 is 4.06. The van der Waals surface area contributed by atoms with Crippen molar-refractivity contribution in [2.75, 3.05) is 18.1 Å². The Morgan fingerprint density at radius 3 is 2.57 bits per heavy atom. The van der Waals surface area contributed by atoms with Crippen LogP contribution in [0, 0.1) is 6.92 Å². The van der Waals surface area contributed by atoms with Crippen molar-refractivity contribution in [3.8, 4) is 0 Å². The molecule has 0 spiro atoms. The van der Waals surface area contributed by atoms with Crippen LogP contribution in [0.2, 0.25) is 0 Å². The van der Waals surface area contributed by atoms with E-state index in [-0.39, 0.29) is 29.2 Å². The predicted molar refractivity (Wildman–Crippen MR) is 179 cm³/mol. The molecule has 256 valence electrons. The standard InChI is InChI=1S/C29H36N6O8S3.ClH/c1-14-33-34-29(46-14)45-13-17-12-44-27-21(26(40)35(27)22(17)28(41)43-16(3)42-15(2)36)32-25(39)24(38)19-9-5-4-8-18(19)23(37)20(31)10-6-7-11-30;/h4-5,8-9,16,20-21,24,27,38H,6-7,10-13,30-31H2,1-3H3,(H,32,39);1H/t16?,20-,21?,24?,27-;/m0./s1. The third-order valence-electron chi connectivity index (χ3n) is 7.10. The van der Waals surface area contributed by atoms with Crippen molar-refractivity contribution in [3.05, 3.63) is 51.7 Å². The lowest BCUT2D eigenvalue weighted by atomic mass is 9.93. The van der Waals surface area contributed by atoms with Gasteiger partial charge in [-0.05, 0) is 31.9 Å². The molecule has 5 atom stereocenters. The summed E-state index contributed by atoms with van der Waals surface area (Å²) in [4.78, 5) is 65.7. The van der Waals surface area contributed by atoms with Crippen molar-refractivity contribution in [1.29, 1.82) is 0 Å². The lowest BCUT2D eigenvalue weighted by Gasteiger charge is -2.50. The van der Waals surface area contributed by atoms with Gasteiger partial charge in [-0.15, -0.1) is 34.4 Å². The van der Waals surface area contributed by atoms with E-state index in [4.69, 9.17) is 20.9 Å². The first-order valence-corrected chi connectivity index (χ1v) is 17.3. The largest absolute Gasteiger partial charge is 0.426 e. The van der Waals surface area contributed by atoms with E-state index < -0.39 is 59.4 Å². The molecule has 1 fully saturated rings. The second kappa shape index (κ2) is 17.4. The molecule has 2 aliphatic heterocycles. The summed E-state index contributed by atoms with van der Waals surface area (Å²) in [5.74, 6) is -2.79. The van der Waals surface area contributed by atoms with Crippen molar-refractivity contribution < 1.29 is 38.6 Å². The minimum absolute atomic E-state index is 0. The molecule has 4 rings (SSSR count). The van der Waals surface area contributed by atoms with E-state index in [0.29, 0.717) is 47.2 Å². The van der Waals surface area contributed by atoms with E-state index in [1.807, 2.05) is 6.92 Å². The normalized spacial score (nSPS) is 19.0. The maximum atomic E-state index is 13.5. The number of carbonyl (C=O) groups is 5. The molecule has 3 unspecified atom stereocenters. The number of nitrogens with zero attached hydrogens (tertiary/aromatic N) is 3. The molecular weight excluding hydrogens is 692 g/mol. The molecule has 1 aromatic carbocycles. The number of nitrogens with one attached hydrogen (secondary N) is 1. The molecule has 0 saturated carbocycles. The molecule has 47 heavy (non-hydrogen) atoms. The van der Waals surface area contributed by atoms with E-state index in [0.717, 1.165) is 5.01 Å². The number of fused-ring (bicyclic) bond motifs is 1. The van der Waals surface area contributed by atoms with Crippen LogP contribution in [0.5, 0.6) is 0 Å². The van der Waals surface area contributed by atoms with E-state index in [1.165, 1.54) is 65.7 Å². The average molecular weight is 729 g/mol. The number of aryl methyl sites for hydroxylation is 1. The summed E-state index contributed by atoms with van der Waals surface area (Å²) in [6.45, 7) is 4.85.